The zero-order valence-electron chi connectivity index (χ0n) is 11.5. The monoisotopic (exact) mass is 336 g/mol. The summed E-state index contributed by atoms with van der Waals surface area (Å²) in [6.45, 7) is 4.91. The molecule has 0 bridgehead atoms. The van der Waals surface area contributed by atoms with Crippen LogP contribution in [0.2, 0.25) is 0 Å². The maximum absolute atomic E-state index is 5.72. The molecule has 6 heteroatoms. The Kier molecular flexibility index (Phi) is 4.79. The fourth-order valence-electron chi connectivity index (χ4n) is 1.64. The lowest BCUT2D eigenvalue weighted by Crippen LogP contribution is -2.05. The molecule has 2 aromatic rings. The molecular formula is C14H17BrN4O. The Balaban J connectivity index is 2.19. The Labute approximate surface area is 126 Å². The maximum Gasteiger partial charge on any atom is 0.226 e. The highest BCUT2D eigenvalue weighted by molar-refractivity contribution is 9.10. The van der Waals surface area contributed by atoms with Crippen molar-refractivity contribution in [1.82, 2.24) is 9.97 Å². The molecule has 1 aromatic carbocycles. The number of halogens is 1. The molecule has 20 heavy (non-hydrogen) atoms. The first-order valence-corrected chi connectivity index (χ1v) is 7.20. The van der Waals surface area contributed by atoms with Crippen LogP contribution in [0.1, 0.15) is 18.9 Å². The number of nitrogens with two attached hydrogens (primary N) is 1. The lowest BCUT2D eigenvalue weighted by Gasteiger charge is -2.09. The number of hydrogen-bond acceptors (Lipinski definition) is 5. The number of nitrogen functional groups attached to an aromatic ring is 1. The second kappa shape index (κ2) is 6.56. The lowest BCUT2D eigenvalue weighted by molar-refractivity contribution is 0.462. The number of rotatable bonds is 5. The van der Waals surface area contributed by atoms with Crippen LogP contribution < -0.4 is 15.8 Å². The molecule has 1 heterocycles. The molecule has 0 spiro atoms. The van der Waals surface area contributed by atoms with Crippen LogP contribution in [0.3, 0.4) is 0 Å². The Bertz CT molecular complexity index is 604. The van der Waals surface area contributed by atoms with Gasteiger partial charge in [-0.3, -0.25) is 0 Å². The van der Waals surface area contributed by atoms with Crippen molar-refractivity contribution in [1.29, 1.82) is 0 Å². The SMILES string of the molecule is CCCNc1cc(Oc2ccc(Br)c(C)c2)nc(N)n1. The summed E-state index contributed by atoms with van der Waals surface area (Å²) in [7, 11) is 0. The van der Waals surface area contributed by atoms with Gasteiger partial charge in [0.05, 0.1) is 0 Å². The normalized spacial score (nSPS) is 10.3. The number of aryl methyl sites for hydroxylation is 1. The first-order chi connectivity index (χ1) is 9.58. The second-order valence-corrected chi connectivity index (χ2v) is 5.24. The summed E-state index contributed by atoms with van der Waals surface area (Å²) in [5, 5.41) is 3.16. The van der Waals surface area contributed by atoms with E-state index in [9.17, 15) is 0 Å². The number of aromatic nitrogens is 2. The molecule has 0 saturated heterocycles. The quantitative estimate of drug-likeness (QED) is 0.869. The molecule has 106 valence electrons. The minimum Gasteiger partial charge on any atom is -0.439 e. The van der Waals surface area contributed by atoms with Gasteiger partial charge in [0.25, 0.3) is 0 Å². The summed E-state index contributed by atoms with van der Waals surface area (Å²) >= 11 is 3.46. The number of nitrogens with zero attached hydrogens (tertiary/aromatic N) is 2. The van der Waals surface area contributed by atoms with Crippen LogP contribution >= 0.6 is 15.9 Å². The van der Waals surface area contributed by atoms with Gasteiger partial charge in [0, 0.05) is 17.1 Å². The molecular weight excluding hydrogens is 320 g/mol. The number of ether oxygens (including phenoxy) is 1. The third kappa shape index (κ3) is 3.84. The molecule has 0 atom stereocenters. The van der Waals surface area contributed by atoms with E-state index in [1.54, 1.807) is 6.07 Å². The molecule has 0 aliphatic carbocycles. The Morgan fingerprint density at radius 1 is 1.30 bits per heavy atom. The van der Waals surface area contributed by atoms with E-state index in [2.05, 4.69) is 38.1 Å². The van der Waals surface area contributed by atoms with Crippen molar-refractivity contribution in [3.63, 3.8) is 0 Å². The molecule has 0 saturated carbocycles. The third-order valence-corrected chi connectivity index (χ3v) is 3.52. The number of nitrogens with one attached hydrogen (secondary N) is 1. The molecule has 0 aliphatic rings. The van der Waals surface area contributed by atoms with Crippen molar-refractivity contribution in [2.75, 3.05) is 17.6 Å². The predicted octanol–water partition coefficient (Wildman–Crippen LogP) is 3.74. The van der Waals surface area contributed by atoms with E-state index in [1.807, 2.05) is 25.1 Å². The summed E-state index contributed by atoms with van der Waals surface area (Å²) < 4.78 is 6.76. The average Bonchev–Trinajstić information content (AvgIpc) is 2.40. The zero-order valence-corrected chi connectivity index (χ0v) is 13.1. The van der Waals surface area contributed by atoms with E-state index < -0.39 is 0 Å². The van der Waals surface area contributed by atoms with Crippen molar-refractivity contribution in [2.24, 2.45) is 0 Å². The average molecular weight is 337 g/mol. The number of benzene rings is 1. The fraction of sp³-hybridized carbons (Fsp3) is 0.286. The van der Waals surface area contributed by atoms with E-state index in [4.69, 9.17) is 10.5 Å². The van der Waals surface area contributed by atoms with Crippen molar-refractivity contribution in [2.45, 2.75) is 20.3 Å². The summed E-state index contributed by atoms with van der Waals surface area (Å²) in [6.07, 6.45) is 1.01. The van der Waals surface area contributed by atoms with Crippen LogP contribution in [0.5, 0.6) is 11.6 Å². The topological polar surface area (TPSA) is 73.1 Å². The molecule has 2 rings (SSSR count). The van der Waals surface area contributed by atoms with E-state index >= 15 is 0 Å². The Morgan fingerprint density at radius 3 is 2.80 bits per heavy atom. The molecule has 0 amide bonds. The van der Waals surface area contributed by atoms with E-state index in [1.165, 1.54) is 0 Å². The summed E-state index contributed by atoms with van der Waals surface area (Å²) in [5.41, 5.74) is 6.78. The standard InChI is InChI=1S/C14H17BrN4O/c1-3-6-17-12-8-13(19-14(16)18-12)20-10-4-5-11(15)9(2)7-10/h4-5,7-8H,3,6H2,1-2H3,(H3,16,17,18,19). The van der Waals surface area contributed by atoms with Crippen LogP contribution in [0, 0.1) is 6.92 Å². The van der Waals surface area contributed by atoms with Gasteiger partial charge in [-0.25, -0.2) is 0 Å². The highest BCUT2D eigenvalue weighted by atomic mass is 79.9. The minimum absolute atomic E-state index is 0.190. The van der Waals surface area contributed by atoms with Crippen molar-refractivity contribution in [3.05, 3.63) is 34.3 Å². The first kappa shape index (κ1) is 14.6. The summed E-state index contributed by atoms with van der Waals surface area (Å²) in [6, 6.07) is 7.48. The van der Waals surface area contributed by atoms with Crippen molar-refractivity contribution >= 4 is 27.7 Å². The lowest BCUT2D eigenvalue weighted by atomic mass is 10.2. The van der Waals surface area contributed by atoms with Crippen molar-refractivity contribution < 1.29 is 4.74 Å². The Hall–Kier alpha value is -1.82. The molecule has 0 fully saturated rings. The van der Waals surface area contributed by atoms with Gasteiger partial charge >= 0.3 is 0 Å². The predicted molar refractivity (Wildman–Crippen MR) is 84.2 cm³/mol. The number of hydrogen-bond donors (Lipinski definition) is 2. The zero-order chi connectivity index (χ0) is 14.5. The van der Waals surface area contributed by atoms with Gasteiger partial charge in [0.1, 0.15) is 11.6 Å². The van der Waals surface area contributed by atoms with Crippen LogP contribution in [-0.4, -0.2) is 16.5 Å². The largest absolute Gasteiger partial charge is 0.439 e. The molecule has 0 radical (unpaired) electrons. The van der Waals surface area contributed by atoms with Crippen LogP contribution in [0.25, 0.3) is 0 Å². The van der Waals surface area contributed by atoms with E-state index in [0.717, 1.165) is 23.0 Å². The van der Waals surface area contributed by atoms with Crippen LogP contribution in [-0.2, 0) is 0 Å². The van der Waals surface area contributed by atoms with Gasteiger partial charge in [-0.05, 0) is 37.1 Å². The minimum atomic E-state index is 0.190. The molecule has 0 unspecified atom stereocenters. The molecule has 3 N–H and O–H groups in total. The van der Waals surface area contributed by atoms with Crippen LogP contribution in [0.15, 0.2) is 28.7 Å². The Morgan fingerprint density at radius 2 is 2.10 bits per heavy atom. The summed E-state index contributed by atoms with van der Waals surface area (Å²) in [4.78, 5) is 8.19. The summed E-state index contributed by atoms with van der Waals surface area (Å²) in [5.74, 6) is 2.00. The fourth-order valence-corrected chi connectivity index (χ4v) is 1.89. The highest BCUT2D eigenvalue weighted by Gasteiger charge is 2.05. The highest BCUT2D eigenvalue weighted by Crippen LogP contribution is 2.26. The van der Waals surface area contributed by atoms with Gasteiger partial charge in [-0.1, -0.05) is 22.9 Å². The van der Waals surface area contributed by atoms with Crippen molar-refractivity contribution in [3.8, 4) is 11.6 Å². The maximum atomic E-state index is 5.72. The second-order valence-electron chi connectivity index (χ2n) is 4.39. The smallest absolute Gasteiger partial charge is 0.226 e. The number of anilines is 2. The first-order valence-electron chi connectivity index (χ1n) is 6.41. The molecule has 5 nitrogen and oxygen atoms in total. The molecule has 0 aliphatic heterocycles. The van der Waals surface area contributed by atoms with E-state index in [0.29, 0.717) is 17.4 Å². The van der Waals surface area contributed by atoms with Gasteiger partial charge in [-0.15, -0.1) is 0 Å². The van der Waals surface area contributed by atoms with Gasteiger partial charge in [0.15, 0.2) is 0 Å². The van der Waals surface area contributed by atoms with Gasteiger partial charge in [-0.2, -0.15) is 9.97 Å². The van der Waals surface area contributed by atoms with Gasteiger partial charge < -0.3 is 15.8 Å². The third-order valence-electron chi connectivity index (χ3n) is 2.63. The van der Waals surface area contributed by atoms with Crippen LogP contribution in [0.4, 0.5) is 11.8 Å². The van der Waals surface area contributed by atoms with Gasteiger partial charge in [0.2, 0.25) is 11.8 Å². The van der Waals surface area contributed by atoms with E-state index in [-0.39, 0.29) is 5.95 Å². The molecule has 1 aromatic heterocycles.